The van der Waals surface area contributed by atoms with Gasteiger partial charge in [-0.1, -0.05) is 6.42 Å². The molecule has 1 heterocycles. The van der Waals surface area contributed by atoms with Gasteiger partial charge in [-0.2, -0.15) is 0 Å². The Balaban J connectivity index is 1.27. The third-order valence-electron chi connectivity index (χ3n) is 5.10. The van der Waals surface area contributed by atoms with E-state index in [1.165, 1.54) is 19.3 Å². The maximum atomic E-state index is 12.1. The van der Waals surface area contributed by atoms with Gasteiger partial charge in [0.05, 0.1) is 11.0 Å². The summed E-state index contributed by atoms with van der Waals surface area (Å²) in [6.45, 7) is 0.563. The normalized spacial score (nSPS) is 17.3. The summed E-state index contributed by atoms with van der Waals surface area (Å²) >= 11 is 0. The van der Waals surface area contributed by atoms with Crippen molar-refractivity contribution in [3.8, 4) is 0 Å². The largest absolute Gasteiger partial charge is 0.356 e. The summed E-state index contributed by atoms with van der Waals surface area (Å²) in [5, 5.41) is 5.80. The minimum Gasteiger partial charge on any atom is -0.356 e. The zero-order valence-corrected chi connectivity index (χ0v) is 14.3. The van der Waals surface area contributed by atoms with Crippen LogP contribution in [0, 0.1) is 5.92 Å². The molecule has 2 saturated carbocycles. The molecule has 2 aromatic rings. The molecule has 1 aromatic carbocycles. The Morgan fingerprint density at radius 1 is 1.20 bits per heavy atom. The zero-order valence-electron chi connectivity index (χ0n) is 14.3. The predicted molar refractivity (Wildman–Crippen MR) is 96.3 cm³/mol. The summed E-state index contributed by atoms with van der Waals surface area (Å²) in [5.74, 6) is 1.96. The van der Waals surface area contributed by atoms with Crippen LogP contribution in [0.3, 0.4) is 0 Å². The van der Waals surface area contributed by atoms with E-state index in [1.807, 2.05) is 18.2 Å². The highest BCUT2D eigenvalue weighted by molar-refractivity contribution is 5.93. The van der Waals surface area contributed by atoms with Crippen LogP contribution < -0.4 is 10.6 Å². The maximum Gasteiger partial charge on any atom is 0.224 e. The summed E-state index contributed by atoms with van der Waals surface area (Å²) in [5.41, 5.74) is 2.70. The molecule has 0 radical (unpaired) electrons. The molecule has 2 fully saturated rings. The Hall–Kier alpha value is -2.37. The first-order chi connectivity index (χ1) is 12.2. The van der Waals surface area contributed by atoms with Crippen molar-refractivity contribution in [2.75, 3.05) is 11.9 Å². The van der Waals surface area contributed by atoms with E-state index in [-0.39, 0.29) is 17.7 Å². The number of hydrogen-bond acceptors (Lipinski definition) is 3. The van der Waals surface area contributed by atoms with Gasteiger partial charge in [0, 0.05) is 30.5 Å². The second-order valence-corrected chi connectivity index (χ2v) is 7.20. The smallest absolute Gasteiger partial charge is 0.224 e. The molecule has 0 atom stereocenters. The van der Waals surface area contributed by atoms with Crippen molar-refractivity contribution in [3.63, 3.8) is 0 Å². The van der Waals surface area contributed by atoms with E-state index in [0.29, 0.717) is 25.3 Å². The fraction of sp³-hybridized carbons (Fsp3) is 0.526. The fourth-order valence-electron chi connectivity index (χ4n) is 3.16. The quantitative estimate of drug-likeness (QED) is 0.677. The van der Waals surface area contributed by atoms with Gasteiger partial charge in [-0.15, -0.1) is 0 Å². The molecule has 2 amide bonds. The number of carbonyl (C=O) groups is 2. The number of benzene rings is 1. The average Bonchev–Trinajstić information content (AvgIpc) is 3.31. The van der Waals surface area contributed by atoms with Crippen molar-refractivity contribution < 1.29 is 9.59 Å². The summed E-state index contributed by atoms with van der Waals surface area (Å²) in [4.78, 5) is 31.6. The number of hydrogen-bond donors (Lipinski definition) is 3. The number of carbonyl (C=O) groups excluding carboxylic acids is 2. The van der Waals surface area contributed by atoms with Crippen molar-refractivity contribution in [1.82, 2.24) is 15.3 Å². The van der Waals surface area contributed by atoms with Crippen LogP contribution in [0.4, 0.5) is 5.69 Å². The fourth-order valence-corrected chi connectivity index (χ4v) is 3.16. The molecule has 6 heteroatoms. The first kappa shape index (κ1) is 16.1. The van der Waals surface area contributed by atoms with E-state index in [9.17, 15) is 9.59 Å². The van der Waals surface area contributed by atoms with Gasteiger partial charge in [-0.25, -0.2) is 4.98 Å². The highest BCUT2D eigenvalue weighted by atomic mass is 16.2. The number of aromatic amines is 1. The van der Waals surface area contributed by atoms with E-state index >= 15 is 0 Å². The number of H-pyrrole nitrogens is 1. The summed E-state index contributed by atoms with van der Waals surface area (Å²) < 4.78 is 0. The number of anilines is 1. The lowest BCUT2D eigenvalue weighted by Gasteiger charge is -2.22. The Kier molecular flexibility index (Phi) is 4.42. The van der Waals surface area contributed by atoms with Crippen LogP contribution in [0.25, 0.3) is 11.0 Å². The average molecular weight is 340 g/mol. The number of rotatable bonds is 7. The van der Waals surface area contributed by atoms with Gasteiger partial charge >= 0.3 is 0 Å². The topological polar surface area (TPSA) is 86.9 Å². The standard InChI is InChI=1S/C19H24N4O2/c24-17(5-2-10-20-19(25)13-6-7-13)21-14-8-9-15-16(11-14)23-18(22-15)12-3-1-4-12/h8-9,11-13H,1-7,10H2,(H,20,25)(H,21,24)(H,22,23). The van der Waals surface area contributed by atoms with E-state index in [4.69, 9.17) is 0 Å². The monoisotopic (exact) mass is 340 g/mol. The van der Waals surface area contributed by atoms with Crippen molar-refractivity contribution in [1.29, 1.82) is 0 Å². The van der Waals surface area contributed by atoms with Crippen molar-refractivity contribution in [2.45, 2.75) is 50.9 Å². The van der Waals surface area contributed by atoms with E-state index in [0.717, 1.165) is 35.4 Å². The van der Waals surface area contributed by atoms with Gasteiger partial charge in [-0.3, -0.25) is 9.59 Å². The first-order valence-corrected chi connectivity index (χ1v) is 9.26. The van der Waals surface area contributed by atoms with Gasteiger partial charge < -0.3 is 15.6 Å². The van der Waals surface area contributed by atoms with Gasteiger partial charge in [-0.05, 0) is 50.3 Å². The Bertz CT molecular complexity index is 790. The molecule has 4 rings (SSSR count). The van der Waals surface area contributed by atoms with Crippen LogP contribution in [0.2, 0.25) is 0 Å². The van der Waals surface area contributed by atoms with Crippen LogP contribution in [-0.2, 0) is 9.59 Å². The van der Waals surface area contributed by atoms with Crippen LogP contribution in [0.1, 0.15) is 56.7 Å². The summed E-state index contributed by atoms with van der Waals surface area (Å²) in [7, 11) is 0. The zero-order chi connectivity index (χ0) is 17.2. The summed E-state index contributed by atoms with van der Waals surface area (Å²) in [6, 6.07) is 5.78. The van der Waals surface area contributed by atoms with Crippen molar-refractivity contribution in [3.05, 3.63) is 24.0 Å². The number of fused-ring (bicyclic) bond motifs is 1. The van der Waals surface area contributed by atoms with Gasteiger partial charge in [0.2, 0.25) is 11.8 Å². The lowest BCUT2D eigenvalue weighted by Crippen LogP contribution is -2.26. The highest BCUT2D eigenvalue weighted by Gasteiger charge is 2.29. The molecule has 0 bridgehead atoms. The molecule has 25 heavy (non-hydrogen) atoms. The third kappa shape index (κ3) is 3.83. The number of imidazole rings is 1. The SMILES string of the molecule is O=C(CCCNC(=O)C1CC1)Nc1ccc2nc(C3CCC3)[nH]c2c1. The molecule has 3 N–H and O–H groups in total. The van der Waals surface area contributed by atoms with Gasteiger partial charge in [0.15, 0.2) is 0 Å². The molecular formula is C19H24N4O2. The van der Waals surface area contributed by atoms with Crippen LogP contribution in [0.15, 0.2) is 18.2 Å². The van der Waals surface area contributed by atoms with Crippen LogP contribution in [-0.4, -0.2) is 28.3 Å². The Morgan fingerprint density at radius 2 is 2.04 bits per heavy atom. The minimum absolute atomic E-state index is 0.0289. The number of aromatic nitrogens is 2. The molecule has 0 saturated heterocycles. The van der Waals surface area contributed by atoms with Crippen molar-refractivity contribution in [2.24, 2.45) is 5.92 Å². The van der Waals surface area contributed by atoms with Crippen molar-refractivity contribution >= 4 is 28.5 Å². The van der Waals surface area contributed by atoms with Crippen LogP contribution >= 0.6 is 0 Å². The van der Waals surface area contributed by atoms with Crippen LogP contribution in [0.5, 0.6) is 0 Å². The predicted octanol–water partition coefficient (Wildman–Crippen LogP) is 3.08. The molecule has 1 aromatic heterocycles. The number of amides is 2. The molecule has 0 aliphatic heterocycles. The molecule has 132 valence electrons. The van der Waals surface area contributed by atoms with Gasteiger partial charge in [0.25, 0.3) is 0 Å². The molecular weight excluding hydrogens is 316 g/mol. The molecule has 2 aliphatic rings. The van der Waals surface area contributed by atoms with E-state index < -0.39 is 0 Å². The van der Waals surface area contributed by atoms with Gasteiger partial charge in [0.1, 0.15) is 5.82 Å². The second kappa shape index (κ2) is 6.86. The lowest BCUT2D eigenvalue weighted by atomic mass is 9.85. The lowest BCUT2D eigenvalue weighted by molar-refractivity contribution is -0.122. The molecule has 0 spiro atoms. The highest BCUT2D eigenvalue weighted by Crippen LogP contribution is 2.35. The summed E-state index contributed by atoms with van der Waals surface area (Å²) in [6.07, 6.45) is 6.77. The molecule has 2 aliphatic carbocycles. The first-order valence-electron chi connectivity index (χ1n) is 9.26. The Labute approximate surface area is 146 Å². The number of nitrogens with one attached hydrogen (secondary N) is 3. The minimum atomic E-state index is -0.0289. The second-order valence-electron chi connectivity index (χ2n) is 7.20. The third-order valence-corrected chi connectivity index (χ3v) is 5.10. The maximum absolute atomic E-state index is 12.1. The molecule has 0 unspecified atom stereocenters. The van der Waals surface area contributed by atoms with E-state index in [2.05, 4.69) is 20.6 Å². The Morgan fingerprint density at radius 3 is 2.76 bits per heavy atom. The number of nitrogens with zero attached hydrogens (tertiary/aromatic N) is 1. The molecule has 6 nitrogen and oxygen atoms in total. The van der Waals surface area contributed by atoms with E-state index in [1.54, 1.807) is 0 Å².